The molecule has 0 spiro atoms. The van der Waals surface area contributed by atoms with Crippen molar-refractivity contribution in [3.05, 3.63) is 101 Å². The number of aromatic hydroxyl groups is 1. The summed E-state index contributed by atoms with van der Waals surface area (Å²) in [6.07, 6.45) is 1.39. The van der Waals surface area contributed by atoms with Crippen LogP contribution >= 0.6 is 11.3 Å². The van der Waals surface area contributed by atoms with Crippen LogP contribution in [0.4, 0.5) is 5.69 Å². The van der Waals surface area contributed by atoms with Gasteiger partial charge in [0, 0.05) is 17.7 Å². The summed E-state index contributed by atoms with van der Waals surface area (Å²) in [5.41, 5.74) is 0.892. The average Bonchev–Trinajstić information content (AvgIpc) is 3.09. The van der Waals surface area contributed by atoms with E-state index in [1.165, 1.54) is 28.8 Å². The fraction of sp³-hybridized carbons (Fsp3) is 0.174. The van der Waals surface area contributed by atoms with Gasteiger partial charge in [-0.1, -0.05) is 41.7 Å². The lowest BCUT2D eigenvalue weighted by atomic mass is 9.96. The van der Waals surface area contributed by atoms with Crippen molar-refractivity contribution in [2.24, 2.45) is 4.99 Å². The molecule has 0 unspecified atom stereocenters. The van der Waals surface area contributed by atoms with E-state index in [1.54, 1.807) is 13.8 Å². The molecule has 33 heavy (non-hydrogen) atoms. The number of carbonyl (C=O) groups excluding carboxylic acids is 1. The topological polar surface area (TPSA) is 124 Å². The maximum atomic E-state index is 13.5. The zero-order valence-electron chi connectivity index (χ0n) is 17.7. The molecule has 4 rings (SSSR count). The van der Waals surface area contributed by atoms with Gasteiger partial charge in [0.05, 0.1) is 33.4 Å². The molecular weight excluding hydrogens is 446 g/mol. The van der Waals surface area contributed by atoms with Crippen LogP contribution in [-0.2, 0) is 9.53 Å². The molecule has 1 aliphatic rings. The van der Waals surface area contributed by atoms with Gasteiger partial charge in [0.15, 0.2) is 4.80 Å². The van der Waals surface area contributed by atoms with Crippen LogP contribution in [0.3, 0.4) is 0 Å². The fourth-order valence-electron chi connectivity index (χ4n) is 3.65. The van der Waals surface area contributed by atoms with E-state index < -0.39 is 22.5 Å². The van der Waals surface area contributed by atoms with Crippen molar-refractivity contribution in [2.75, 3.05) is 6.61 Å². The van der Waals surface area contributed by atoms with E-state index in [9.17, 15) is 24.8 Å². The summed E-state index contributed by atoms with van der Waals surface area (Å²) in [6, 6.07) is 11.9. The minimum Gasteiger partial charge on any atom is -0.507 e. The Hall–Kier alpha value is -4.05. The third-order valence-electron chi connectivity index (χ3n) is 5.14. The summed E-state index contributed by atoms with van der Waals surface area (Å²) in [6.45, 7) is 3.56. The Morgan fingerprint density at radius 2 is 2.03 bits per heavy atom. The van der Waals surface area contributed by atoms with Crippen LogP contribution in [-0.4, -0.2) is 27.2 Å². The molecular formula is C23H19N3O6S. The van der Waals surface area contributed by atoms with Gasteiger partial charge in [0.25, 0.3) is 11.2 Å². The van der Waals surface area contributed by atoms with Crippen molar-refractivity contribution >= 4 is 29.1 Å². The molecule has 1 atom stereocenters. The highest BCUT2D eigenvalue weighted by Gasteiger charge is 2.33. The SMILES string of the molecule is CCOC(=O)C1=C(C)N=c2s/c(=C/c3cc([N+](=O)[O-])ccc3O)c(=O)n2[C@@H]1c1ccccc1. The first-order chi connectivity index (χ1) is 15.8. The Morgan fingerprint density at radius 1 is 1.30 bits per heavy atom. The van der Waals surface area contributed by atoms with Crippen LogP contribution in [0.5, 0.6) is 5.75 Å². The summed E-state index contributed by atoms with van der Waals surface area (Å²) in [5, 5.41) is 21.3. The number of nitro groups is 1. The number of aromatic nitrogens is 1. The Kier molecular flexibility index (Phi) is 5.93. The van der Waals surface area contributed by atoms with Gasteiger partial charge < -0.3 is 9.84 Å². The number of phenols is 1. The van der Waals surface area contributed by atoms with E-state index in [0.717, 1.165) is 11.3 Å². The molecule has 0 radical (unpaired) electrons. The van der Waals surface area contributed by atoms with Gasteiger partial charge in [0.1, 0.15) is 5.75 Å². The quantitative estimate of drug-likeness (QED) is 0.351. The first-order valence-electron chi connectivity index (χ1n) is 10.0. The monoisotopic (exact) mass is 465 g/mol. The number of fused-ring (bicyclic) bond motifs is 1. The second-order valence-electron chi connectivity index (χ2n) is 7.21. The molecule has 0 amide bonds. The summed E-state index contributed by atoms with van der Waals surface area (Å²) >= 11 is 1.07. The maximum Gasteiger partial charge on any atom is 0.338 e. The number of carbonyl (C=O) groups is 1. The van der Waals surface area contributed by atoms with Crippen molar-refractivity contribution in [2.45, 2.75) is 19.9 Å². The predicted octanol–water partition coefficient (Wildman–Crippen LogP) is 2.41. The van der Waals surface area contributed by atoms with E-state index in [4.69, 9.17) is 4.74 Å². The Bertz CT molecular complexity index is 1470. The van der Waals surface area contributed by atoms with Crippen LogP contribution in [0.2, 0.25) is 0 Å². The van der Waals surface area contributed by atoms with E-state index in [0.29, 0.717) is 16.1 Å². The Balaban J connectivity index is 1.96. The van der Waals surface area contributed by atoms with Gasteiger partial charge in [-0.3, -0.25) is 19.5 Å². The van der Waals surface area contributed by atoms with Gasteiger partial charge in [-0.15, -0.1) is 0 Å². The minimum absolute atomic E-state index is 0.132. The fourth-order valence-corrected chi connectivity index (χ4v) is 4.69. The van der Waals surface area contributed by atoms with Gasteiger partial charge >= 0.3 is 5.97 Å². The predicted molar refractivity (Wildman–Crippen MR) is 122 cm³/mol. The molecule has 0 aliphatic carbocycles. The summed E-state index contributed by atoms with van der Waals surface area (Å²) in [7, 11) is 0. The molecule has 0 bridgehead atoms. The number of allylic oxidation sites excluding steroid dienone is 1. The van der Waals surface area contributed by atoms with Crippen molar-refractivity contribution < 1.29 is 19.6 Å². The number of esters is 1. The highest BCUT2D eigenvalue weighted by atomic mass is 32.1. The smallest absolute Gasteiger partial charge is 0.338 e. The first kappa shape index (κ1) is 22.2. The van der Waals surface area contributed by atoms with Crippen LogP contribution in [0, 0.1) is 10.1 Å². The second-order valence-corrected chi connectivity index (χ2v) is 8.22. The van der Waals surface area contributed by atoms with Gasteiger partial charge in [-0.05, 0) is 31.6 Å². The molecule has 0 saturated heterocycles. The summed E-state index contributed by atoms with van der Waals surface area (Å²) < 4.78 is 6.87. The molecule has 168 valence electrons. The van der Waals surface area contributed by atoms with E-state index >= 15 is 0 Å². The Morgan fingerprint density at radius 3 is 2.70 bits per heavy atom. The molecule has 3 aromatic rings. The summed E-state index contributed by atoms with van der Waals surface area (Å²) in [4.78, 5) is 41.6. The third-order valence-corrected chi connectivity index (χ3v) is 6.12. The molecule has 2 heterocycles. The zero-order chi connectivity index (χ0) is 23.7. The number of rotatable bonds is 5. The molecule has 9 nitrogen and oxygen atoms in total. The number of hydrogen-bond donors (Lipinski definition) is 1. The lowest BCUT2D eigenvalue weighted by Crippen LogP contribution is -2.39. The highest BCUT2D eigenvalue weighted by Crippen LogP contribution is 2.30. The van der Waals surface area contributed by atoms with E-state index in [-0.39, 0.29) is 33.7 Å². The number of nitro benzene ring substituents is 1. The number of thiazole rings is 1. The molecule has 0 fully saturated rings. The van der Waals surface area contributed by atoms with Gasteiger partial charge in [0.2, 0.25) is 0 Å². The van der Waals surface area contributed by atoms with E-state index in [2.05, 4.69) is 4.99 Å². The van der Waals surface area contributed by atoms with Crippen molar-refractivity contribution in [1.82, 2.24) is 4.57 Å². The average molecular weight is 465 g/mol. The number of non-ortho nitro benzene ring substituents is 1. The van der Waals surface area contributed by atoms with E-state index in [1.807, 2.05) is 30.3 Å². The number of nitrogens with zero attached hydrogens (tertiary/aromatic N) is 3. The van der Waals surface area contributed by atoms with Gasteiger partial charge in [-0.2, -0.15) is 0 Å². The lowest BCUT2D eigenvalue weighted by molar-refractivity contribution is -0.384. The normalized spacial score (nSPS) is 15.7. The largest absolute Gasteiger partial charge is 0.507 e. The van der Waals surface area contributed by atoms with Crippen molar-refractivity contribution in [3.8, 4) is 5.75 Å². The molecule has 1 N–H and O–H groups in total. The summed E-state index contributed by atoms with van der Waals surface area (Å²) in [5.74, 6) is -0.757. The minimum atomic E-state index is -0.748. The Labute approximate surface area is 191 Å². The number of phenolic OH excluding ortho intramolecular Hbond substituents is 1. The lowest BCUT2D eigenvalue weighted by Gasteiger charge is -2.24. The van der Waals surface area contributed by atoms with Crippen LogP contribution < -0.4 is 14.9 Å². The highest BCUT2D eigenvalue weighted by molar-refractivity contribution is 7.07. The maximum absolute atomic E-state index is 13.5. The van der Waals surface area contributed by atoms with Crippen LogP contribution in [0.15, 0.2) is 69.6 Å². The van der Waals surface area contributed by atoms with Crippen molar-refractivity contribution in [1.29, 1.82) is 0 Å². The van der Waals surface area contributed by atoms with Crippen LogP contribution in [0.1, 0.15) is 31.0 Å². The molecule has 10 heteroatoms. The third kappa shape index (κ3) is 4.08. The van der Waals surface area contributed by atoms with Crippen LogP contribution in [0.25, 0.3) is 6.08 Å². The van der Waals surface area contributed by atoms with Crippen molar-refractivity contribution in [3.63, 3.8) is 0 Å². The second kappa shape index (κ2) is 8.83. The number of benzene rings is 2. The molecule has 1 aromatic heterocycles. The molecule has 1 aliphatic heterocycles. The first-order valence-corrected chi connectivity index (χ1v) is 10.9. The molecule has 0 saturated carbocycles. The van der Waals surface area contributed by atoms with Gasteiger partial charge in [-0.25, -0.2) is 9.79 Å². The zero-order valence-corrected chi connectivity index (χ0v) is 18.5. The molecule has 2 aromatic carbocycles. The number of ether oxygens (including phenoxy) is 1. The number of hydrogen-bond acceptors (Lipinski definition) is 8. The standard InChI is InChI=1S/C23H19N3O6S/c1-3-32-22(29)19-13(2)24-23-25(20(19)14-7-5-4-6-8-14)21(28)18(33-23)12-15-11-16(26(30)31)9-10-17(15)27/h4-12,20,27H,3H2,1-2H3/b18-12+/t20-/m1/s1.